The number of nitrogens with two attached hydrogens (primary N) is 1. The maximum absolute atomic E-state index is 12.4. The highest BCUT2D eigenvalue weighted by Crippen LogP contribution is 2.52. The van der Waals surface area contributed by atoms with E-state index in [9.17, 15) is 19.5 Å². The van der Waals surface area contributed by atoms with Gasteiger partial charge in [-0.25, -0.2) is 19.4 Å². The van der Waals surface area contributed by atoms with Crippen LogP contribution in [0.3, 0.4) is 0 Å². The van der Waals surface area contributed by atoms with Crippen LogP contribution in [0.5, 0.6) is 0 Å². The van der Waals surface area contributed by atoms with E-state index in [1.54, 1.807) is 0 Å². The molecule has 0 aromatic rings. The summed E-state index contributed by atoms with van der Waals surface area (Å²) in [6.07, 6.45) is 5.32. The van der Waals surface area contributed by atoms with Gasteiger partial charge in [0.2, 0.25) is 11.7 Å². The lowest BCUT2D eigenvalue weighted by Gasteiger charge is -2.36. The molecule has 3 aliphatic carbocycles. The van der Waals surface area contributed by atoms with Crippen LogP contribution in [0, 0.1) is 35.5 Å². The summed E-state index contributed by atoms with van der Waals surface area (Å²) in [6, 6.07) is 0. The molecule has 3 unspecified atom stereocenters. The number of primary amides is 1. The van der Waals surface area contributed by atoms with Gasteiger partial charge in [-0.3, -0.25) is 4.79 Å². The van der Waals surface area contributed by atoms with Gasteiger partial charge in [0.1, 0.15) is 6.10 Å². The van der Waals surface area contributed by atoms with Crippen LogP contribution in [-0.2, 0) is 24.0 Å². The number of fused-ring (bicyclic) bond motifs is 1. The second kappa shape index (κ2) is 16.0. The quantitative estimate of drug-likeness (QED) is 0.0746. The fourth-order valence-corrected chi connectivity index (χ4v) is 5.96. The van der Waals surface area contributed by atoms with Gasteiger partial charge in [0, 0.05) is 44.3 Å². The molecule has 0 saturated heterocycles. The topological polar surface area (TPSA) is 158 Å². The molecule has 0 spiro atoms. The summed E-state index contributed by atoms with van der Waals surface area (Å²) in [5.41, 5.74) is 5.64. The van der Waals surface area contributed by atoms with E-state index in [0.717, 1.165) is 32.1 Å². The van der Waals surface area contributed by atoms with E-state index in [4.69, 9.17) is 25.0 Å². The maximum atomic E-state index is 12.4. The second-order valence-electron chi connectivity index (χ2n) is 11.6. The highest BCUT2D eigenvalue weighted by atomic mass is 17.2. The Bertz CT molecular complexity index is 961. The number of hydrogen-bond acceptors (Lipinski definition) is 8. The highest BCUT2D eigenvalue weighted by Gasteiger charge is 2.49. The normalized spacial score (nSPS) is 28.3. The molecule has 0 heterocycles. The summed E-state index contributed by atoms with van der Waals surface area (Å²) in [6.45, 7) is 8.58. The van der Waals surface area contributed by atoms with Gasteiger partial charge < -0.3 is 30.9 Å². The largest absolute Gasteiger partial charge is 0.449 e. The molecule has 3 aliphatic rings. The van der Waals surface area contributed by atoms with Crippen LogP contribution in [0.25, 0.3) is 0 Å². The number of nitrogens with one attached hydrogen (secondary N) is 2. The third kappa shape index (κ3) is 11.2. The molecule has 0 aliphatic heterocycles. The number of allylic oxidation sites excluding steroid dienone is 1. The predicted molar refractivity (Wildman–Crippen MR) is 150 cm³/mol. The third-order valence-electron chi connectivity index (χ3n) is 8.39. The van der Waals surface area contributed by atoms with Crippen LogP contribution >= 0.6 is 0 Å². The highest BCUT2D eigenvalue weighted by molar-refractivity contribution is 5.77. The van der Waals surface area contributed by atoms with Crippen molar-refractivity contribution in [1.82, 2.24) is 10.6 Å². The minimum atomic E-state index is -1.57. The molecule has 3 amide bonds. The van der Waals surface area contributed by atoms with Crippen molar-refractivity contribution in [2.45, 2.75) is 109 Å². The fraction of sp³-hybridized carbons (Fsp3) is 0.767. The SMILES string of the molecule is C=C(CC(CC)[C@@H](C)OO[C@]1(O)CCCC(OC(N)=O)C1)NC(=O)CCCNC(=O)OCC1[C@H]2CCC#CCC[C@@H]12. The van der Waals surface area contributed by atoms with Gasteiger partial charge >= 0.3 is 12.2 Å². The predicted octanol–water partition coefficient (Wildman–Crippen LogP) is 4.04. The zero-order chi connectivity index (χ0) is 29.8. The van der Waals surface area contributed by atoms with Gasteiger partial charge in [-0.2, -0.15) is 0 Å². The number of hydrogen-bond donors (Lipinski definition) is 4. The zero-order valence-corrected chi connectivity index (χ0v) is 24.5. The monoisotopic (exact) mass is 577 g/mol. The van der Waals surface area contributed by atoms with Crippen molar-refractivity contribution in [2.24, 2.45) is 29.4 Å². The molecule has 5 N–H and O–H groups in total. The molecule has 0 aromatic heterocycles. The van der Waals surface area contributed by atoms with Crippen LogP contribution in [0.4, 0.5) is 9.59 Å². The molecule has 11 nitrogen and oxygen atoms in total. The van der Waals surface area contributed by atoms with E-state index in [1.165, 1.54) is 0 Å². The first-order valence-corrected chi connectivity index (χ1v) is 15.0. The smallest absolute Gasteiger partial charge is 0.407 e. The van der Waals surface area contributed by atoms with Crippen molar-refractivity contribution >= 4 is 18.1 Å². The van der Waals surface area contributed by atoms with Crippen molar-refractivity contribution in [3.8, 4) is 11.8 Å². The molecule has 11 heteroatoms. The van der Waals surface area contributed by atoms with E-state index in [0.29, 0.717) is 68.7 Å². The lowest BCUT2D eigenvalue weighted by atomic mass is 9.92. The summed E-state index contributed by atoms with van der Waals surface area (Å²) >= 11 is 0. The van der Waals surface area contributed by atoms with Crippen LogP contribution in [0.2, 0.25) is 0 Å². The first-order chi connectivity index (χ1) is 19.6. The first kappa shape index (κ1) is 32.7. The number of alkyl carbamates (subject to hydrolysis) is 1. The minimum absolute atomic E-state index is 0.0272. The van der Waals surface area contributed by atoms with Gasteiger partial charge in [0.15, 0.2) is 0 Å². The summed E-state index contributed by atoms with van der Waals surface area (Å²) in [7, 11) is 0. The van der Waals surface area contributed by atoms with Gasteiger partial charge in [-0.1, -0.05) is 19.9 Å². The van der Waals surface area contributed by atoms with E-state index < -0.39 is 30.2 Å². The number of carbonyl (C=O) groups excluding carboxylic acids is 3. The Kier molecular flexibility index (Phi) is 12.8. The molecule has 230 valence electrons. The number of aliphatic hydroxyl groups is 1. The van der Waals surface area contributed by atoms with E-state index >= 15 is 0 Å². The van der Waals surface area contributed by atoms with Crippen molar-refractivity contribution in [3.05, 3.63) is 12.3 Å². The summed E-state index contributed by atoms with van der Waals surface area (Å²) in [5, 5.41) is 16.3. The fourth-order valence-electron chi connectivity index (χ4n) is 5.96. The lowest BCUT2D eigenvalue weighted by molar-refractivity contribution is -0.448. The Morgan fingerprint density at radius 3 is 2.54 bits per heavy atom. The third-order valence-corrected chi connectivity index (χ3v) is 8.39. The Labute approximate surface area is 243 Å². The van der Waals surface area contributed by atoms with E-state index in [-0.39, 0.29) is 24.7 Å². The van der Waals surface area contributed by atoms with Gasteiger partial charge in [-0.15, -0.1) is 11.8 Å². The maximum Gasteiger partial charge on any atom is 0.407 e. The molecule has 41 heavy (non-hydrogen) atoms. The molecule has 7 atom stereocenters. The molecule has 3 rings (SSSR count). The van der Waals surface area contributed by atoms with Gasteiger partial charge in [-0.05, 0) is 69.1 Å². The molecule has 0 aromatic carbocycles. The standard InChI is InChI=1S/C30H47N3O8/c1-4-22(21(3)40-41-30(37)15-9-11-23(18-30)39-28(31)35)17-20(2)33-27(34)14-10-16-32-29(36)38-19-26-24-12-7-5-6-8-13-25(24)26/h21-26,37H,2,4,7-19H2,1,3H3,(H2,31,35)(H,32,36)(H,33,34)/t21-,22?,23?,24-,25+,26?,30-/m1/s1. The number of carbonyl (C=O) groups is 3. The van der Waals surface area contributed by atoms with E-state index in [1.807, 2.05) is 13.8 Å². The molecular formula is C30H47N3O8. The summed E-state index contributed by atoms with van der Waals surface area (Å²) in [4.78, 5) is 46.4. The molecule has 0 bridgehead atoms. The zero-order valence-electron chi connectivity index (χ0n) is 24.5. The van der Waals surface area contributed by atoms with Crippen molar-refractivity contribution in [2.75, 3.05) is 13.2 Å². The van der Waals surface area contributed by atoms with Crippen molar-refractivity contribution in [3.63, 3.8) is 0 Å². The number of amides is 3. The summed E-state index contributed by atoms with van der Waals surface area (Å²) < 4.78 is 10.4. The molecule has 2 saturated carbocycles. The van der Waals surface area contributed by atoms with Crippen molar-refractivity contribution in [1.29, 1.82) is 0 Å². The molecule has 0 radical (unpaired) electrons. The minimum Gasteiger partial charge on any atom is -0.449 e. The Morgan fingerprint density at radius 1 is 1.17 bits per heavy atom. The Balaban J connectivity index is 1.26. The molecule has 2 fully saturated rings. The Morgan fingerprint density at radius 2 is 1.88 bits per heavy atom. The molecular weight excluding hydrogens is 530 g/mol. The van der Waals surface area contributed by atoms with Crippen LogP contribution in [-0.4, -0.2) is 54.3 Å². The van der Waals surface area contributed by atoms with Crippen LogP contribution in [0.1, 0.15) is 90.9 Å². The average Bonchev–Trinajstić information content (AvgIpc) is 3.55. The van der Waals surface area contributed by atoms with Crippen LogP contribution in [0.15, 0.2) is 12.3 Å². The van der Waals surface area contributed by atoms with Crippen molar-refractivity contribution < 1.29 is 38.7 Å². The Hall–Kier alpha value is -2.81. The van der Waals surface area contributed by atoms with E-state index in [2.05, 4.69) is 29.1 Å². The second-order valence-corrected chi connectivity index (χ2v) is 11.6. The number of rotatable bonds is 15. The lowest BCUT2D eigenvalue weighted by Crippen LogP contribution is -2.43. The average molecular weight is 578 g/mol. The summed E-state index contributed by atoms with van der Waals surface area (Å²) in [5.74, 6) is 6.29. The van der Waals surface area contributed by atoms with Gasteiger partial charge in [0.25, 0.3) is 0 Å². The first-order valence-electron chi connectivity index (χ1n) is 15.0. The van der Waals surface area contributed by atoms with Gasteiger partial charge in [0.05, 0.1) is 12.7 Å². The number of ether oxygens (including phenoxy) is 2. The van der Waals surface area contributed by atoms with Crippen LogP contribution < -0.4 is 16.4 Å².